The smallest absolute Gasteiger partial charge is 0.416 e. The second-order valence-electron chi connectivity index (χ2n) is 9.84. The number of hydrogen-bond acceptors (Lipinski definition) is 8. The van der Waals surface area contributed by atoms with Gasteiger partial charge in [0.15, 0.2) is 0 Å². The Hall–Kier alpha value is -2.70. The molecule has 11 heteroatoms. The van der Waals surface area contributed by atoms with Crippen molar-refractivity contribution in [3.05, 3.63) is 64.7 Å². The first-order valence-corrected chi connectivity index (χ1v) is 13.4. The van der Waals surface area contributed by atoms with Crippen LogP contribution in [0.25, 0.3) is 15.9 Å². The average molecular weight is 549 g/mol. The first-order valence-electron chi connectivity index (χ1n) is 12.6. The predicted octanol–water partition coefficient (Wildman–Crippen LogP) is 4.31. The molecule has 0 amide bonds. The number of halogens is 3. The Morgan fingerprint density at radius 2 is 2.00 bits per heavy atom. The number of nitrogens with zero attached hydrogens (tertiary/aromatic N) is 3. The molecule has 38 heavy (non-hydrogen) atoms. The van der Waals surface area contributed by atoms with Crippen LogP contribution in [-0.4, -0.2) is 77.5 Å². The Labute approximate surface area is 223 Å². The molecule has 2 aromatic carbocycles. The molecular formula is C27H31F3N4O3S. The van der Waals surface area contributed by atoms with Gasteiger partial charge in [0.05, 0.1) is 26.5 Å². The van der Waals surface area contributed by atoms with Crippen molar-refractivity contribution in [1.29, 1.82) is 0 Å². The van der Waals surface area contributed by atoms with Gasteiger partial charge in [0.25, 0.3) is 0 Å². The molecular weight excluding hydrogens is 517 g/mol. The first kappa shape index (κ1) is 26.9. The lowest BCUT2D eigenvalue weighted by molar-refractivity contribution is -0.137. The number of alkyl halides is 3. The molecule has 7 nitrogen and oxygen atoms in total. The van der Waals surface area contributed by atoms with E-state index in [1.54, 1.807) is 11.3 Å². The summed E-state index contributed by atoms with van der Waals surface area (Å²) in [6.07, 6.45) is -3.27. The van der Waals surface area contributed by atoms with Crippen molar-refractivity contribution in [2.45, 2.75) is 38.3 Å². The number of aromatic nitrogens is 1. The highest BCUT2D eigenvalue weighted by Gasteiger charge is 2.31. The van der Waals surface area contributed by atoms with Gasteiger partial charge in [-0.2, -0.15) is 13.2 Å². The Morgan fingerprint density at radius 3 is 2.74 bits per heavy atom. The molecule has 3 atom stereocenters. The number of aliphatic hydroxyl groups excluding tert-OH is 1. The molecule has 0 radical (unpaired) electrons. The van der Waals surface area contributed by atoms with Gasteiger partial charge >= 0.3 is 6.18 Å². The number of hydroxylamine groups is 1. The van der Waals surface area contributed by atoms with E-state index in [1.807, 2.05) is 31.2 Å². The number of ether oxygens (including phenoxy) is 1. The van der Waals surface area contributed by atoms with Gasteiger partial charge in [-0.25, -0.2) is 4.98 Å². The van der Waals surface area contributed by atoms with E-state index in [9.17, 15) is 18.3 Å². The van der Waals surface area contributed by atoms with Gasteiger partial charge in [-0.3, -0.25) is 20.1 Å². The van der Waals surface area contributed by atoms with Gasteiger partial charge in [0, 0.05) is 44.8 Å². The van der Waals surface area contributed by atoms with Crippen molar-refractivity contribution in [1.82, 2.24) is 20.3 Å². The van der Waals surface area contributed by atoms with Crippen LogP contribution in [0.2, 0.25) is 0 Å². The first-order chi connectivity index (χ1) is 18.1. The van der Waals surface area contributed by atoms with Crippen molar-refractivity contribution >= 4 is 27.3 Å². The summed E-state index contributed by atoms with van der Waals surface area (Å²) in [5.74, 6) is 0.703. The van der Waals surface area contributed by atoms with Crippen LogP contribution in [0.5, 0.6) is 5.75 Å². The molecule has 204 valence electrons. The summed E-state index contributed by atoms with van der Waals surface area (Å²) in [7, 11) is 0. The van der Waals surface area contributed by atoms with Crippen LogP contribution in [-0.2, 0) is 11.0 Å². The molecule has 3 heterocycles. The van der Waals surface area contributed by atoms with E-state index in [1.165, 1.54) is 12.1 Å². The van der Waals surface area contributed by atoms with Gasteiger partial charge in [-0.05, 0) is 49.8 Å². The third kappa shape index (κ3) is 6.47. The third-order valence-electron chi connectivity index (χ3n) is 6.84. The molecule has 0 aliphatic carbocycles. The summed E-state index contributed by atoms with van der Waals surface area (Å²) < 4.78 is 45.4. The number of β-amino-alcohol motifs (C(OH)–C–C–N with tert-alkyl or cyclic N) is 1. The zero-order chi connectivity index (χ0) is 26.9. The van der Waals surface area contributed by atoms with Crippen LogP contribution in [0.4, 0.5) is 13.2 Å². The zero-order valence-electron chi connectivity index (χ0n) is 21.2. The zero-order valence-corrected chi connectivity index (χ0v) is 22.1. The molecule has 0 saturated carbocycles. The number of fused-ring (bicyclic) bond motifs is 1. The minimum atomic E-state index is -4.35. The quantitative estimate of drug-likeness (QED) is 0.435. The van der Waals surface area contributed by atoms with Gasteiger partial charge in [0.2, 0.25) is 0 Å². The highest BCUT2D eigenvalue weighted by atomic mass is 32.1. The minimum Gasteiger partial charge on any atom is -0.491 e. The second-order valence-corrected chi connectivity index (χ2v) is 11.1. The standard InChI is InChI=1S/C27H31F3N4O3S/c1-17-13-33(14-21(35)16-36-22-7-8-26-25(11-22)31-18(2)38-26)9-10-34(17)15-23-12-24(32-37-23)19-3-5-20(6-4-19)27(28,29)30/h3-8,11-12,17,21,23,32,35H,9-10,13-16H2,1-2H3/t17-,21+,23+/m0/s1. The van der Waals surface area contributed by atoms with Crippen LogP contribution in [0.3, 0.4) is 0 Å². The maximum Gasteiger partial charge on any atom is 0.416 e. The SMILES string of the molecule is Cc1nc2cc(OC[C@H](O)CN3CCN(C[C@H]4C=C(c5ccc(C(F)(F)F)cc5)NO4)[C@@H](C)C3)ccc2s1. The van der Waals surface area contributed by atoms with Crippen molar-refractivity contribution in [2.75, 3.05) is 39.3 Å². The minimum absolute atomic E-state index is 0.209. The largest absolute Gasteiger partial charge is 0.491 e. The Morgan fingerprint density at radius 1 is 1.21 bits per heavy atom. The van der Waals surface area contributed by atoms with Crippen LogP contribution in [0.1, 0.15) is 23.1 Å². The molecule has 2 N–H and O–H groups in total. The molecule has 1 saturated heterocycles. The summed E-state index contributed by atoms with van der Waals surface area (Å²) in [5.41, 5.74) is 4.41. The summed E-state index contributed by atoms with van der Waals surface area (Å²) in [4.78, 5) is 14.7. The summed E-state index contributed by atoms with van der Waals surface area (Å²) in [6, 6.07) is 11.1. The maximum absolute atomic E-state index is 12.8. The van der Waals surface area contributed by atoms with Gasteiger partial charge in [-0.1, -0.05) is 12.1 Å². The molecule has 0 unspecified atom stereocenters. The summed E-state index contributed by atoms with van der Waals surface area (Å²) >= 11 is 1.64. The molecule has 0 bridgehead atoms. The number of benzene rings is 2. The van der Waals surface area contributed by atoms with Gasteiger partial charge in [-0.15, -0.1) is 11.3 Å². The van der Waals surface area contributed by atoms with Crippen LogP contribution < -0.4 is 10.2 Å². The molecule has 1 aromatic heterocycles. The number of aliphatic hydroxyl groups is 1. The lowest BCUT2D eigenvalue weighted by Gasteiger charge is -2.41. The number of thiazole rings is 1. The van der Waals surface area contributed by atoms with E-state index in [4.69, 9.17) is 9.57 Å². The number of rotatable bonds is 8. The van der Waals surface area contributed by atoms with Crippen molar-refractivity contribution < 1.29 is 27.9 Å². The van der Waals surface area contributed by atoms with Gasteiger partial charge in [0.1, 0.15) is 24.6 Å². The Balaban J connectivity index is 1.07. The lowest BCUT2D eigenvalue weighted by atomic mass is 10.1. The normalized spacial score (nSPS) is 21.9. The van der Waals surface area contributed by atoms with E-state index in [0.29, 0.717) is 30.1 Å². The van der Waals surface area contributed by atoms with Gasteiger partial charge < -0.3 is 9.84 Å². The molecule has 1 fully saturated rings. The number of hydrogen-bond donors (Lipinski definition) is 2. The number of piperazine rings is 1. The third-order valence-corrected chi connectivity index (χ3v) is 7.79. The Kier molecular flexibility index (Phi) is 7.92. The molecule has 5 rings (SSSR count). The van der Waals surface area contributed by atoms with E-state index in [0.717, 1.165) is 47.0 Å². The molecule has 2 aliphatic rings. The highest BCUT2D eigenvalue weighted by molar-refractivity contribution is 7.18. The average Bonchev–Trinajstić information content (AvgIpc) is 3.49. The van der Waals surface area contributed by atoms with E-state index in [2.05, 4.69) is 27.2 Å². The topological polar surface area (TPSA) is 70.1 Å². The maximum atomic E-state index is 12.8. The fourth-order valence-corrected chi connectivity index (χ4v) is 5.68. The molecule has 3 aromatic rings. The van der Waals surface area contributed by atoms with Crippen LogP contribution in [0.15, 0.2) is 48.5 Å². The monoisotopic (exact) mass is 548 g/mol. The van der Waals surface area contributed by atoms with Crippen molar-refractivity contribution in [2.24, 2.45) is 0 Å². The fraction of sp³-hybridized carbons (Fsp3) is 0.444. The fourth-order valence-electron chi connectivity index (χ4n) is 4.87. The predicted molar refractivity (Wildman–Crippen MR) is 141 cm³/mol. The molecule has 0 spiro atoms. The van der Waals surface area contributed by atoms with Crippen molar-refractivity contribution in [3.8, 4) is 5.75 Å². The highest BCUT2D eigenvalue weighted by Crippen LogP contribution is 2.30. The number of aryl methyl sites for hydroxylation is 1. The van der Waals surface area contributed by atoms with E-state index >= 15 is 0 Å². The summed E-state index contributed by atoms with van der Waals surface area (Å²) in [6.45, 7) is 7.94. The van der Waals surface area contributed by atoms with Crippen LogP contribution in [0, 0.1) is 6.92 Å². The van der Waals surface area contributed by atoms with Crippen molar-refractivity contribution in [3.63, 3.8) is 0 Å². The van der Waals surface area contributed by atoms with E-state index < -0.39 is 17.8 Å². The summed E-state index contributed by atoms with van der Waals surface area (Å²) in [5, 5.41) is 11.6. The van der Waals surface area contributed by atoms with Crippen LogP contribution >= 0.6 is 11.3 Å². The number of nitrogens with one attached hydrogen (secondary N) is 1. The van der Waals surface area contributed by atoms with E-state index in [-0.39, 0.29) is 18.8 Å². The Bertz CT molecular complexity index is 1280. The molecule has 2 aliphatic heterocycles. The second kappa shape index (κ2) is 11.2. The lowest BCUT2D eigenvalue weighted by Crippen LogP contribution is -2.55.